The minimum atomic E-state index is -0.931. The molecule has 0 fully saturated rings. The molecule has 0 aromatic heterocycles. The van der Waals surface area contributed by atoms with Crippen LogP contribution in [0.3, 0.4) is 0 Å². The highest BCUT2D eigenvalue weighted by molar-refractivity contribution is 5.95. The van der Waals surface area contributed by atoms with Crippen LogP contribution < -0.4 is 19.5 Å². The van der Waals surface area contributed by atoms with Gasteiger partial charge in [-0.2, -0.15) is 0 Å². The predicted molar refractivity (Wildman–Crippen MR) is 100 cm³/mol. The Labute approximate surface area is 158 Å². The summed E-state index contributed by atoms with van der Waals surface area (Å²) in [5, 5.41) is 2.69. The largest absolute Gasteiger partial charge is 0.493 e. The molecule has 144 valence electrons. The zero-order valence-corrected chi connectivity index (χ0v) is 15.8. The standard InChI is InChI=1S/C20H23NO6/c1-13(20(23)21-15-8-6-5-7-9-15)27-18(22)12-14-10-16(24-2)19(26-4)17(11-14)25-3/h5-11,13H,12H2,1-4H3,(H,21,23)/t13-/m1/s1. The van der Waals surface area contributed by atoms with E-state index >= 15 is 0 Å². The van der Waals surface area contributed by atoms with E-state index in [1.807, 2.05) is 6.07 Å². The molecule has 0 aliphatic carbocycles. The predicted octanol–water partition coefficient (Wildman–Crippen LogP) is 2.83. The number of nitrogens with one attached hydrogen (secondary N) is 1. The molecule has 0 radical (unpaired) electrons. The molecule has 0 bridgehead atoms. The number of hydrogen-bond acceptors (Lipinski definition) is 6. The van der Waals surface area contributed by atoms with Crippen molar-refractivity contribution in [2.75, 3.05) is 26.6 Å². The summed E-state index contributed by atoms with van der Waals surface area (Å²) in [6.07, 6.45) is -0.973. The van der Waals surface area contributed by atoms with Gasteiger partial charge in [0.15, 0.2) is 17.6 Å². The van der Waals surface area contributed by atoms with E-state index < -0.39 is 18.0 Å². The fraction of sp³-hybridized carbons (Fsp3) is 0.300. The molecule has 7 heteroatoms. The topological polar surface area (TPSA) is 83.1 Å². The molecule has 0 aliphatic heterocycles. The van der Waals surface area contributed by atoms with Crippen LogP contribution in [0.4, 0.5) is 5.69 Å². The lowest BCUT2D eigenvalue weighted by Gasteiger charge is -2.15. The second kappa shape index (κ2) is 9.47. The quantitative estimate of drug-likeness (QED) is 0.717. The normalized spacial score (nSPS) is 11.3. The molecule has 7 nitrogen and oxygen atoms in total. The number of benzene rings is 2. The van der Waals surface area contributed by atoms with Crippen molar-refractivity contribution in [2.24, 2.45) is 0 Å². The van der Waals surface area contributed by atoms with Gasteiger partial charge in [0.2, 0.25) is 5.75 Å². The number of para-hydroxylation sites is 1. The van der Waals surface area contributed by atoms with Crippen molar-refractivity contribution in [1.82, 2.24) is 0 Å². The van der Waals surface area contributed by atoms with Crippen LogP contribution in [0.25, 0.3) is 0 Å². The summed E-state index contributed by atoms with van der Waals surface area (Å²) in [6.45, 7) is 1.52. The van der Waals surface area contributed by atoms with Crippen molar-refractivity contribution in [3.8, 4) is 17.2 Å². The van der Waals surface area contributed by atoms with Gasteiger partial charge in [-0.25, -0.2) is 0 Å². The molecular weight excluding hydrogens is 350 g/mol. The Hall–Kier alpha value is -3.22. The highest BCUT2D eigenvalue weighted by Crippen LogP contribution is 2.38. The van der Waals surface area contributed by atoms with E-state index in [1.165, 1.54) is 28.3 Å². The molecule has 27 heavy (non-hydrogen) atoms. The molecule has 2 aromatic rings. The van der Waals surface area contributed by atoms with Gasteiger partial charge in [-0.05, 0) is 36.8 Å². The van der Waals surface area contributed by atoms with Gasteiger partial charge in [0.25, 0.3) is 5.91 Å². The molecule has 0 heterocycles. The van der Waals surface area contributed by atoms with Crippen molar-refractivity contribution < 1.29 is 28.5 Å². The molecule has 0 unspecified atom stereocenters. The van der Waals surface area contributed by atoms with E-state index in [2.05, 4.69) is 5.32 Å². The van der Waals surface area contributed by atoms with Crippen LogP contribution in [-0.4, -0.2) is 39.3 Å². The maximum atomic E-state index is 12.2. The molecule has 0 saturated heterocycles. The van der Waals surface area contributed by atoms with Crippen LogP contribution in [0.15, 0.2) is 42.5 Å². The van der Waals surface area contributed by atoms with E-state index in [4.69, 9.17) is 18.9 Å². The molecule has 1 amide bonds. The first-order valence-electron chi connectivity index (χ1n) is 8.32. The van der Waals surface area contributed by atoms with E-state index in [1.54, 1.807) is 36.4 Å². The molecule has 0 saturated carbocycles. The minimum absolute atomic E-state index is 0.0420. The molecule has 0 spiro atoms. The van der Waals surface area contributed by atoms with Crippen LogP contribution >= 0.6 is 0 Å². The molecular formula is C20H23NO6. The lowest BCUT2D eigenvalue weighted by Crippen LogP contribution is -2.30. The number of anilines is 1. The van der Waals surface area contributed by atoms with Gasteiger partial charge in [0.1, 0.15) is 0 Å². The fourth-order valence-electron chi connectivity index (χ4n) is 2.46. The second-order valence-electron chi connectivity index (χ2n) is 5.70. The molecule has 2 rings (SSSR count). The summed E-state index contributed by atoms with van der Waals surface area (Å²) >= 11 is 0. The number of carbonyl (C=O) groups is 2. The Bertz CT molecular complexity index is 765. The lowest BCUT2D eigenvalue weighted by atomic mass is 10.1. The SMILES string of the molecule is COc1cc(CC(=O)O[C@H](C)C(=O)Nc2ccccc2)cc(OC)c1OC. The van der Waals surface area contributed by atoms with Gasteiger partial charge >= 0.3 is 5.97 Å². The Morgan fingerprint density at radius 2 is 1.56 bits per heavy atom. The van der Waals surface area contributed by atoms with Crippen molar-refractivity contribution in [1.29, 1.82) is 0 Å². The van der Waals surface area contributed by atoms with Gasteiger partial charge in [-0.1, -0.05) is 18.2 Å². The van der Waals surface area contributed by atoms with Crippen molar-refractivity contribution in [3.05, 3.63) is 48.0 Å². The minimum Gasteiger partial charge on any atom is -0.493 e. The number of ether oxygens (including phenoxy) is 4. The third-order valence-electron chi connectivity index (χ3n) is 3.79. The molecule has 0 aliphatic rings. The number of rotatable bonds is 8. The third kappa shape index (κ3) is 5.37. The summed E-state index contributed by atoms with van der Waals surface area (Å²) in [4.78, 5) is 24.4. The summed E-state index contributed by atoms with van der Waals surface area (Å²) < 4.78 is 21.0. The first-order valence-corrected chi connectivity index (χ1v) is 8.32. The zero-order chi connectivity index (χ0) is 19.8. The van der Waals surface area contributed by atoms with Gasteiger partial charge in [0.05, 0.1) is 27.8 Å². The van der Waals surface area contributed by atoms with Crippen molar-refractivity contribution in [3.63, 3.8) is 0 Å². The third-order valence-corrected chi connectivity index (χ3v) is 3.79. The average molecular weight is 373 g/mol. The highest BCUT2D eigenvalue weighted by Gasteiger charge is 2.20. The van der Waals surface area contributed by atoms with E-state index in [-0.39, 0.29) is 6.42 Å². The Morgan fingerprint density at radius 1 is 0.963 bits per heavy atom. The van der Waals surface area contributed by atoms with Crippen molar-refractivity contribution in [2.45, 2.75) is 19.4 Å². The van der Waals surface area contributed by atoms with Crippen LogP contribution in [-0.2, 0) is 20.7 Å². The Kier molecular flexibility index (Phi) is 7.05. The lowest BCUT2D eigenvalue weighted by molar-refractivity contribution is -0.152. The maximum Gasteiger partial charge on any atom is 0.311 e. The number of esters is 1. The van der Waals surface area contributed by atoms with Crippen LogP contribution in [0.1, 0.15) is 12.5 Å². The van der Waals surface area contributed by atoms with Crippen LogP contribution in [0.5, 0.6) is 17.2 Å². The summed E-state index contributed by atoms with van der Waals surface area (Å²) in [5.41, 5.74) is 1.25. The summed E-state index contributed by atoms with van der Waals surface area (Å²) in [6, 6.07) is 12.3. The van der Waals surface area contributed by atoms with Crippen molar-refractivity contribution >= 4 is 17.6 Å². The molecule has 1 N–H and O–H groups in total. The zero-order valence-electron chi connectivity index (χ0n) is 15.8. The highest BCUT2D eigenvalue weighted by atomic mass is 16.5. The van der Waals surface area contributed by atoms with Crippen LogP contribution in [0.2, 0.25) is 0 Å². The van der Waals surface area contributed by atoms with Gasteiger partial charge in [-0.3, -0.25) is 9.59 Å². The fourth-order valence-corrected chi connectivity index (χ4v) is 2.46. The number of carbonyl (C=O) groups excluding carboxylic acids is 2. The molecule has 1 atom stereocenters. The van der Waals surface area contributed by atoms with Gasteiger partial charge in [0, 0.05) is 5.69 Å². The first-order chi connectivity index (χ1) is 13.0. The number of hydrogen-bond donors (Lipinski definition) is 1. The van der Waals surface area contributed by atoms with Gasteiger partial charge < -0.3 is 24.3 Å². The summed E-state index contributed by atoms with van der Waals surface area (Å²) in [7, 11) is 4.49. The Balaban J connectivity index is 2.01. The van der Waals surface area contributed by atoms with E-state index in [9.17, 15) is 9.59 Å². The monoisotopic (exact) mass is 373 g/mol. The maximum absolute atomic E-state index is 12.2. The van der Waals surface area contributed by atoms with E-state index in [0.29, 0.717) is 28.5 Å². The van der Waals surface area contributed by atoms with E-state index in [0.717, 1.165) is 0 Å². The smallest absolute Gasteiger partial charge is 0.311 e. The number of methoxy groups -OCH3 is 3. The Morgan fingerprint density at radius 3 is 2.07 bits per heavy atom. The average Bonchev–Trinajstić information content (AvgIpc) is 2.67. The first kappa shape index (κ1) is 20.1. The summed E-state index contributed by atoms with van der Waals surface area (Å²) in [5.74, 6) is 0.371. The second-order valence-corrected chi connectivity index (χ2v) is 5.70. The van der Waals surface area contributed by atoms with Crippen LogP contribution in [0, 0.1) is 0 Å². The molecule has 2 aromatic carbocycles. The van der Waals surface area contributed by atoms with Gasteiger partial charge in [-0.15, -0.1) is 0 Å². The number of amides is 1.